The van der Waals surface area contributed by atoms with Crippen LogP contribution in [0.2, 0.25) is 0 Å². The van der Waals surface area contributed by atoms with E-state index in [0.29, 0.717) is 18.2 Å². The maximum atomic E-state index is 9.13. The van der Waals surface area contributed by atoms with Crippen LogP contribution in [0.5, 0.6) is 0 Å². The van der Waals surface area contributed by atoms with Crippen molar-refractivity contribution >= 4 is 0 Å². The van der Waals surface area contributed by atoms with Crippen molar-refractivity contribution in [2.24, 2.45) is 0 Å². The Labute approximate surface area is 141 Å². The lowest BCUT2D eigenvalue weighted by atomic mass is 10.0. The summed E-state index contributed by atoms with van der Waals surface area (Å²) in [7, 11) is 0. The summed E-state index contributed by atoms with van der Waals surface area (Å²) in [5.41, 5.74) is 2.07. The van der Waals surface area contributed by atoms with Crippen LogP contribution in [0.4, 0.5) is 0 Å². The Bertz CT molecular complexity index is 735. The summed E-state index contributed by atoms with van der Waals surface area (Å²) in [5.74, 6) is 1.91. The van der Waals surface area contributed by atoms with E-state index in [4.69, 9.17) is 13.9 Å². The van der Waals surface area contributed by atoms with Crippen LogP contribution in [-0.4, -0.2) is 16.7 Å². The van der Waals surface area contributed by atoms with Gasteiger partial charge in [-0.2, -0.15) is 0 Å². The number of aliphatic hydroxyl groups excluding tert-OH is 1. The van der Waals surface area contributed by atoms with Crippen molar-refractivity contribution in [3.8, 4) is 11.7 Å². The molecule has 1 aromatic carbocycles. The van der Waals surface area contributed by atoms with Gasteiger partial charge in [0, 0.05) is 19.2 Å². The summed E-state index contributed by atoms with van der Waals surface area (Å²) in [6, 6.07) is 14.1. The number of nitrogens with one attached hydrogen (secondary N) is 1. The average molecular weight is 326 g/mol. The number of hydrogen-bond acceptors (Lipinski definition) is 5. The van der Waals surface area contributed by atoms with Crippen molar-refractivity contribution in [2.45, 2.75) is 32.4 Å². The van der Waals surface area contributed by atoms with E-state index in [9.17, 15) is 0 Å². The Morgan fingerprint density at radius 1 is 1.17 bits per heavy atom. The first kappa shape index (κ1) is 16.5. The number of aliphatic hydroxyl groups is 1. The van der Waals surface area contributed by atoms with E-state index >= 15 is 0 Å². The maximum absolute atomic E-state index is 9.13. The van der Waals surface area contributed by atoms with Gasteiger partial charge < -0.3 is 19.3 Å². The first-order valence-corrected chi connectivity index (χ1v) is 8.17. The first-order valence-electron chi connectivity index (χ1n) is 8.17. The Morgan fingerprint density at radius 2 is 2.00 bits per heavy atom. The van der Waals surface area contributed by atoms with Crippen molar-refractivity contribution in [3.05, 3.63) is 65.7 Å². The maximum Gasteiger partial charge on any atom is 0.263 e. The minimum atomic E-state index is 0.168. The van der Waals surface area contributed by atoms with Gasteiger partial charge >= 0.3 is 0 Å². The number of aryl methyl sites for hydroxylation is 1. The highest BCUT2D eigenvalue weighted by Crippen LogP contribution is 2.23. The summed E-state index contributed by atoms with van der Waals surface area (Å²) >= 11 is 0. The van der Waals surface area contributed by atoms with E-state index in [0.717, 1.165) is 24.3 Å². The van der Waals surface area contributed by atoms with Gasteiger partial charge in [0.2, 0.25) is 0 Å². The summed E-state index contributed by atoms with van der Waals surface area (Å²) in [5, 5.41) is 12.7. The second-order valence-electron chi connectivity index (χ2n) is 5.71. The number of rotatable bonds is 8. The number of aromatic nitrogens is 1. The monoisotopic (exact) mass is 326 g/mol. The molecule has 5 nitrogen and oxygen atoms in total. The van der Waals surface area contributed by atoms with E-state index in [2.05, 4.69) is 22.4 Å². The molecule has 0 aliphatic carbocycles. The van der Waals surface area contributed by atoms with Gasteiger partial charge in [-0.25, -0.2) is 4.98 Å². The van der Waals surface area contributed by atoms with E-state index in [1.54, 1.807) is 6.26 Å². The SMILES string of the molecule is Cc1oc(-c2ccco2)nc1CNC(CCCO)c1ccccc1. The van der Waals surface area contributed by atoms with Gasteiger partial charge in [-0.05, 0) is 37.5 Å². The molecule has 3 aromatic rings. The molecular weight excluding hydrogens is 304 g/mol. The summed E-state index contributed by atoms with van der Waals surface area (Å²) < 4.78 is 11.0. The fourth-order valence-electron chi connectivity index (χ4n) is 2.68. The van der Waals surface area contributed by atoms with Gasteiger partial charge in [0.25, 0.3) is 5.89 Å². The zero-order valence-electron chi connectivity index (χ0n) is 13.7. The van der Waals surface area contributed by atoms with Gasteiger partial charge in [-0.1, -0.05) is 30.3 Å². The predicted molar refractivity (Wildman–Crippen MR) is 91.3 cm³/mol. The molecule has 2 aromatic heterocycles. The number of hydrogen-bond donors (Lipinski definition) is 2. The highest BCUT2D eigenvalue weighted by atomic mass is 16.4. The van der Waals surface area contributed by atoms with Crippen molar-refractivity contribution in [3.63, 3.8) is 0 Å². The molecule has 1 unspecified atom stereocenters. The van der Waals surface area contributed by atoms with Crippen LogP contribution in [0.3, 0.4) is 0 Å². The molecule has 2 N–H and O–H groups in total. The third-order valence-electron chi connectivity index (χ3n) is 3.99. The van der Waals surface area contributed by atoms with Crippen LogP contribution in [0.15, 0.2) is 57.6 Å². The van der Waals surface area contributed by atoms with Crippen LogP contribution < -0.4 is 5.32 Å². The molecule has 1 atom stereocenters. The van der Waals surface area contributed by atoms with Gasteiger partial charge in [0.15, 0.2) is 5.76 Å². The van der Waals surface area contributed by atoms with Crippen LogP contribution in [-0.2, 0) is 6.54 Å². The molecule has 24 heavy (non-hydrogen) atoms. The molecule has 3 rings (SSSR count). The zero-order chi connectivity index (χ0) is 16.8. The Kier molecular flexibility index (Phi) is 5.46. The molecule has 2 heterocycles. The van der Waals surface area contributed by atoms with E-state index < -0.39 is 0 Å². The second-order valence-corrected chi connectivity index (χ2v) is 5.71. The molecule has 0 spiro atoms. The lowest BCUT2D eigenvalue weighted by molar-refractivity contribution is 0.274. The molecular formula is C19H22N2O3. The zero-order valence-corrected chi connectivity index (χ0v) is 13.7. The standard InChI is InChI=1S/C19H22N2O3/c1-14-17(21-19(24-14)18-10-6-12-23-18)13-20-16(9-5-11-22)15-7-3-2-4-8-15/h2-4,6-8,10,12,16,20,22H,5,9,11,13H2,1H3. The third-order valence-corrected chi connectivity index (χ3v) is 3.99. The Morgan fingerprint density at radius 3 is 2.71 bits per heavy atom. The smallest absolute Gasteiger partial charge is 0.263 e. The van der Waals surface area contributed by atoms with E-state index in [1.807, 2.05) is 37.3 Å². The topological polar surface area (TPSA) is 71.4 Å². The molecule has 0 saturated carbocycles. The largest absolute Gasteiger partial charge is 0.459 e. The molecule has 0 saturated heterocycles. The van der Waals surface area contributed by atoms with Crippen molar-refractivity contribution < 1.29 is 13.9 Å². The van der Waals surface area contributed by atoms with Crippen molar-refractivity contribution in [1.29, 1.82) is 0 Å². The number of furan rings is 1. The van der Waals surface area contributed by atoms with Gasteiger partial charge in [0.1, 0.15) is 5.76 Å². The normalized spacial score (nSPS) is 12.4. The molecule has 5 heteroatoms. The number of nitrogens with zero attached hydrogens (tertiary/aromatic N) is 1. The van der Waals surface area contributed by atoms with Crippen LogP contribution in [0.1, 0.15) is 35.9 Å². The third kappa shape index (κ3) is 3.93. The minimum absolute atomic E-state index is 0.168. The molecule has 0 aliphatic heterocycles. The molecule has 126 valence electrons. The van der Waals surface area contributed by atoms with Crippen LogP contribution in [0, 0.1) is 6.92 Å². The fourth-order valence-corrected chi connectivity index (χ4v) is 2.68. The fraction of sp³-hybridized carbons (Fsp3) is 0.316. The van der Waals surface area contributed by atoms with Crippen LogP contribution >= 0.6 is 0 Å². The summed E-state index contributed by atoms with van der Waals surface area (Å²) in [6.07, 6.45) is 3.22. The summed E-state index contributed by atoms with van der Waals surface area (Å²) in [6.45, 7) is 2.69. The number of oxazole rings is 1. The van der Waals surface area contributed by atoms with Crippen LogP contribution in [0.25, 0.3) is 11.7 Å². The van der Waals surface area contributed by atoms with E-state index in [-0.39, 0.29) is 12.6 Å². The first-order chi connectivity index (χ1) is 11.8. The van der Waals surface area contributed by atoms with Crippen molar-refractivity contribution in [1.82, 2.24) is 10.3 Å². The second kappa shape index (κ2) is 7.95. The quantitative estimate of drug-likeness (QED) is 0.658. The highest BCUT2D eigenvalue weighted by Gasteiger charge is 2.16. The highest BCUT2D eigenvalue weighted by molar-refractivity contribution is 5.44. The molecule has 0 amide bonds. The Hall–Kier alpha value is -2.37. The lowest BCUT2D eigenvalue weighted by Gasteiger charge is -2.18. The lowest BCUT2D eigenvalue weighted by Crippen LogP contribution is -2.21. The average Bonchev–Trinajstić information content (AvgIpc) is 3.26. The number of benzene rings is 1. The van der Waals surface area contributed by atoms with Gasteiger partial charge in [-0.3, -0.25) is 0 Å². The molecule has 0 bridgehead atoms. The molecule has 0 aliphatic rings. The molecule has 0 fully saturated rings. The predicted octanol–water partition coefficient (Wildman–Crippen LogP) is 3.85. The molecule has 0 radical (unpaired) electrons. The van der Waals surface area contributed by atoms with E-state index in [1.165, 1.54) is 5.56 Å². The van der Waals surface area contributed by atoms with Gasteiger partial charge in [-0.15, -0.1) is 0 Å². The minimum Gasteiger partial charge on any atom is -0.459 e. The summed E-state index contributed by atoms with van der Waals surface area (Å²) in [4.78, 5) is 4.53. The van der Waals surface area contributed by atoms with Gasteiger partial charge in [0.05, 0.1) is 12.0 Å². The Balaban J connectivity index is 1.70. The van der Waals surface area contributed by atoms with Crippen molar-refractivity contribution in [2.75, 3.05) is 6.61 Å².